The quantitative estimate of drug-likeness (QED) is 0.837. The Labute approximate surface area is 154 Å². The van der Waals surface area contributed by atoms with Gasteiger partial charge in [0.25, 0.3) is 0 Å². The topological polar surface area (TPSA) is 38.8 Å². The van der Waals surface area contributed by atoms with Gasteiger partial charge in [-0.05, 0) is 62.1 Å². The molecule has 0 amide bonds. The Balaban J connectivity index is 1.53. The highest BCUT2D eigenvalue weighted by Gasteiger charge is 2.67. The lowest BCUT2D eigenvalue weighted by Gasteiger charge is -2.58. The maximum Gasteiger partial charge on any atom is 0.177 e. The Hall–Kier alpha value is -1.55. The lowest BCUT2D eigenvalue weighted by molar-refractivity contribution is -0.144. The van der Waals surface area contributed by atoms with Crippen molar-refractivity contribution in [1.82, 2.24) is 4.90 Å². The number of hydrogen-bond acceptors (Lipinski definition) is 4. The molecule has 2 aliphatic heterocycles. The van der Waals surface area contributed by atoms with Crippen LogP contribution in [-0.4, -0.2) is 43.0 Å². The summed E-state index contributed by atoms with van der Waals surface area (Å²) < 4.78 is 12.0. The average molecular weight is 353 g/mol. The smallest absolute Gasteiger partial charge is 0.177 e. The Morgan fingerprint density at radius 1 is 1.35 bits per heavy atom. The van der Waals surface area contributed by atoms with Gasteiger partial charge >= 0.3 is 0 Å². The summed E-state index contributed by atoms with van der Waals surface area (Å²) in [7, 11) is 1.70. The number of likely N-dealkylation sites (tertiary alicyclic amines) is 1. The molecule has 2 heterocycles. The molecule has 3 aliphatic carbocycles. The van der Waals surface area contributed by atoms with E-state index in [9.17, 15) is 4.79 Å². The van der Waals surface area contributed by atoms with E-state index in [2.05, 4.69) is 17.9 Å². The van der Waals surface area contributed by atoms with Crippen molar-refractivity contribution >= 4 is 5.78 Å². The predicted molar refractivity (Wildman–Crippen MR) is 97.8 cm³/mol. The minimum atomic E-state index is -0.299. The van der Waals surface area contributed by atoms with Crippen LogP contribution in [0.4, 0.5) is 0 Å². The molecule has 0 N–H and O–H groups in total. The normalized spacial score (nSPS) is 40.2. The molecule has 4 nitrogen and oxygen atoms in total. The van der Waals surface area contributed by atoms with Crippen LogP contribution in [0.5, 0.6) is 11.5 Å². The molecule has 0 radical (unpaired) electrons. The summed E-state index contributed by atoms with van der Waals surface area (Å²) in [6, 6.07) is 4.84. The highest BCUT2D eigenvalue weighted by molar-refractivity contribution is 5.90. The zero-order chi connectivity index (χ0) is 17.6. The van der Waals surface area contributed by atoms with E-state index in [1.54, 1.807) is 7.11 Å². The SMILES string of the molecule is COc1ccc2c3c1OC1C(=O)[C@@H](C)CC4C(C2)N(CC2CC2)CCC314. The van der Waals surface area contributed by atoms with Crippen LogP contribution in [0, 0.1) is 17.8 Å². The number of ether oxygens (including phenoxy) is 2. The fraction of sp³-hybridized carbons (Fsp3) is 0.682. The van der Waals surface area contributed by atoms with E-state index in [0.29, 0.717) is 17.7 Å². The average Bonchev–Trinajstić information content (AvgIpc) is 3.38. The highest BCUT2D eigenvalue weighted by atomic mass is 16.5. The van der Waals surface area contributed by atoms with Crippen LogP contribution in [0.25, 0.3) is 0 Å². The number of piperidine rings is 1. The minimum absolute atomic E-state index is 0.100. The van der Waals surface area contributed by atoms with Crippen molar-refractivity contribution in [3.05, 3.63) is 23.3 Å². The van der Waals surface area contributed by atoms with Gasteiger partial charge in [0.1, 0.15) is 0 Å². The van der Waals surface area contributed by atoms with Crippen molar-refractivity contribution in [3.8, 4) is 11.5 Å². The number of ketones is 1. The molecule has 26 heavy (non-hydrogen) atoms. The molecular formula is C22H27NO3. The molecule has 4 unspecified atom stereocenters. The first-order valence-corrected chi connectivity index (χ1v) is 10.3. The number of hydrogen-bond donors (Lipinski definition) is 0. The first kappa shape index (κ1) is 15.5. The van der Waals surface area contributed by atoms with Crippen LogP contribution < -0.4 is 9.47 Å². The molecule has 2 saturated carbocycles. The monoisotopic (exact) mass is 353 g/mol. The molecule has 1 aromatic rings. The third-order valence-electron chi connectivity index (χ3n) is 7.97. The van der Waals surface area contributed by atoms with Gasteiger partial charge in [-0.2, -0.15) is 0 Å². The van der Waals surface area contributed by atoms with Gasteiger partial charge in [-0.25, -0.2) is 0 Å². The molecular weight excluding hydrogens is 326 g/mol. The van der Waals surface area contributed by atoms with Gasteiger partial charge in [-0.3, -0.25) is 9.69 Å². The van der Waals surface area contributed by atoms with Gasteiger partial charge in [0.15, 0.2) is 23.4 Å². The van der Waals surface area contributed by atoms with Gasteiger partial charge in [0, 0.05) is 29.5 Å². The Morgan fingerprint density at radius 2 is 2.19 bits per heavy atom. The van der Waals surface area contributed by atoms with E-state index >= 15 is 0 Å². The van der Waals surface area contributed by atoms with Gasteiger partial charge in [-0.1, -0.05) is 13.0 Å². The van der Waals surface area contributed by atoms with Crippen molar-refractivity contribution < 1.29 is 14.3 Å². The van der Waals surface area contributed by atoms with Crippen molar-refractivity contribution in [2.24, 2.45) is 17.8 Å². The second-order valence-electron chi connectivity index (χ2n) is 9.27. The van der Waals surface area contributed by atoms with Gasteiger partial charge in [0.2, 0.25) is 0 Å². The minimum Gasteiger partial charge on any atom is -0.493 e. The van der Waals surface area contributed by atoms with E-state index in [1.807, 2.05) is 6.07 Å². The van der Waals surface area contributed by atoms with Crippen LogP contribution in [-0.2, 0) is 16.6 Å². The number of nitrogens with zero attached hydrogens (tertiary/aromatic N) is 1. The molecule has 1 saturated heterocycles. The van der Waals surface area contributed by atoms with Crippen molar-refractivity contribution in [2.45, 2.75) is 56.6 Å². The number of Topliss-reactive ketones (excluding diaryl/α,β-unsaturated/α-hetero) is 1. The van der Waals surface area contributed by atoms with Crippen LogP contribution in [0.15, 0.2) is 12.1 Å². The molecule has 4 heteroatoms. The predicted octanol–water partition coefficient (Wildman–Crippen LogP) is 2.96. The largest absolute Gasteiger partial charge is 0.493 e. The van der Waals surface area contributed by atoms with E-state index in [4.69, 9.17) is 9.47 Å². The first-order valence-electron chi connectivity index (χ1n) is 10.3. The number of benzene rings is 1. The third-order valence-corrected chi connectivity index (χ3v) is 7.97. The van der Waals surface area contributed by atoms with Crippen LogP contribution in [0.1, 0.15) is 43.7 Å². The number of carbonyl (C=O) groups is 1. The van der Waals surface area contributed by atoms with Crippen LogP contribution >= 0.6 is 0 Å². The molecule has 3 fully saturated rings. The molecule has 2 bridgehead atoms. The van der Waals surface area contributed by atoms with Crippen molar-refractivity contribution in [2.75, 3.05) is 20.2 Å². The van der Waals surface area contributed by atoms with E-state index < -0.39 is 0 Å². The Bertz CT molecular complexity index is 801. The molecule has 138 valence electrons. The maximum atomic E-state index is 13.1. The fourth-order valence-electron chi connectivity index (χ4n) is 6.62. The van der Waals surface area contributed by atoms with E-state index in [1.165, 1.54) is 30.5 Å². The molecule has 0 aromatic heterocycles. The lowest BCUT2D eigenvalue weighted by atomic mass is 9.50. The molecule has 6 rings (SSSR count). The second-order valence-corrected chi connectivity index (χ2v) is 9.27. The Kier molecular flexibility index (Phi) is 3.00. The zero-order valence-corrected chi connectivity index (χ0v) is 15.7. The summed E-state index contributed by atoms with van der Waals surface area (Å²) in [5, 5.41) is 0. The summed E-state index contributed by atoms with van der Waals surface area (Å²) in [4.78, 5) is 15.9. The summed E-state index contributed by atoms with van der Waals surface area (Å²) in [6.07, 6.45) is 5.67. The van der Waals surface area contributed by atoms with Crippen LogP contribution in [0.2, 0.25) is 0 Å². The van der Waals surface area contributed by atoms with Gasteiger partial charge in [-0.15, -0.1) is 0 Å². The second kappa shape index (κ2) is 5.03. The Morgan fingerprint density at radius 3 is 2.96 bits per heavy atom. The van der Waals surface area contributed by atoms with Crippen LogP contribution in [0.3, 0.4) is 0 Å². The van der Waals surface area contributed by atoms with Crippen molar-refractivity contribution in [3.63, 3.8) is 0 Å². The molecule has 1 aromatic carbocycles. The summed E-state index contributed by atoms with van der Waals surface area (Å²) >= 11 is 0. The molecule has 5 aliphatic rings. The summed E-state index contributed by atoms with van der Waals surface area (Å²) in [6.45, 7) is 4.47. The van der Waals surface area contributed by atoms with Gasteiger partial charge < -0.3 is 9.47 Å². The number of carbonyl (C=O) groups excluding carboxylic acids is 1. The standard InChI is InChI=1S/C22H27NO3/c1-12-9-15-16-10-14-5-6-17(25-2)20-18(14)22(15,21(26-20)19(12)24)7-8-23(16)11-13-3-4-13/h5-6,12-13,15-16,21H,3-4,7-11H2,1-2H3/t12-,15?,16?,21?,22?/m0/s1. The van der Waals surface area contributed by atoms with Crippen molar-refractivity contribution in [1.29, 1.82) is 0 Å². The van der Waals surface area contributed by atoms with E-state index in [0.717, 1.165) is 43.2 Å². The maximum absolute atomic E-state index is 13.1. The lowest BCUT2D eigenvalue weighted by Crippen LogP contribution is -2.67. The first-order chi connectivity index (χ1) is 12.6. The summed E-state index contributed by atoms with van der Waals surface area (Å²) in [5.41, 5.74) is 2.62. The molecule has 1 spiro atoms. The number of methoxy groups -OCH3 is 1. The fourth-order valence-corrected chi connectivity index (χ4v) is 6.62. The van der Waals surface area contributed by atoms with Gasteiger partial charge in [0.05, 0.1) is 7.11 Å². The number of rotatable bonds is 3. The molecule has 5 atom stereocenters. The highest BCUT2D eigenvalue weighted by Crippen LogP contribution is 2.64. The summed E-state index contributed by atoms with van der Waals surface area (Å²) in [5.74, 6) is 3.52. The van der Waals surface area contributed by atoms with E-state index in [-0.39, 0.29) is 17.4 Å². The third kappa shape index (κ3) is 1.77. The zero-order valence-electron chi connectivity index (χ0n) is 15.7.